The van der Waals surface area contributed by atoms with Crippen LogP contribution in [0.3, 0.4) is 0 Å². The van der Waals surface area contributed by atoms with E-state index in [1.165, 1.54) is 11.1 Å². The molecule has 11 heavy (non-hydrogen) atoms. The Morgan fingerprint density at radius 2 is 1.82 bits per heavy atom. The van der Waals surface area contributed by atoms with E-state index in [2.05, 4.69) is 36.5 Å². The molecule has 0 saturated heterocycles. The summed E-state index contributed by atoms with van der Waals surface area (Å²) in [6, 6.07) is 8.55. The van der Waals surface area contributed by atoms with Crippen LogP contribution in [0.2, 0.25) is 0 Å². The second-order valence-corrected chi connectivity index (χ2v) is 2.65. The summed E-state index contributed by atoms with van der Waals surface area (Å²) in [6.45, 7) is 3.17. The molecule has 1 aromatic carbocycles. The Labute approximate surface area is 68.4 Å². The fraction of sp³-hybridized carbons (Fsp3) is 0.400. The van der Waals surface area contributed by atoms with Gasteiger partial charge >= 0.3 is 0 Å². The molecule has 0 atom stereocenters. The smallest absolute Gasteiger partial charge is 0.0205 e. The summed E-state index contributed by atoms with van der Waals surface area (Å²) in [5, 5.41) is 3.16. The van der Waals surface area contributed by atoms with E-state index in [0.717, 1.165) is 13.0 Å². The summed E-state index contributed by atoms with van der Waals surface area (Å²) >= 11 is 0. The number of nitrogens with one attached hydrogen (secondary N) is 1. The van der Waals surface area contributed by atoms with Gasteiger partial charge in [0.2, 0.25) is 0 Å². The summed E-state index contributed by atoms with van der Waals surface area (Å²) in [4.78, 5) is 0. The number of hydrogen-bond acceptors (Lipinski definition) is 1. The molecule has 1 N–H and O–H groups in total. The summed E-state index contributed by atoms with van der Waals surface area (Å²) in [5.74, 6) is 0. The number of aryl methyl sites for hydroxylation is 1. The Bertz CT molecular complexity index is 218. The van der Waals surface area contributed by atoms with E-state index in [4.69, 9.17) is 0 Å². The number of hydrogen-bond donors (Lipinski definition) is 1. The lowest BCUT2D eigenvalue weighted by Crippen LogP contribution is -2.07. The highest BCUT2D eigenvalue weighted by atomic mass is 14.8. The van der Waals surface area contributed by atoms with Crippen LogP contribution in [0, 0.1) is 0 Å². The van der Waals surface area contributed by atoms with Gasteiger partial charge in [0.15, 0.2) is 0 Å². The maximum atomic E-state index is 3.16. The molecule has 0 radical (unpaired) electrons. The van der Waals surface area contributed by atoms with Crippen LogP contribution >= 0.6 is 0 Å². The van der Waals surface area contributed by atoms with Gasteiger partial charge in [-0.15, -0.1) is 0 Å². The molecule has 1 aromatic rings. The van der Waals surface area contributed by atoms with E-state index in [-0.39, 0.29) is 0 Å². The second kappa shape index (κ2) is 4.14. The molecule has 1 rings (SSSR count). The van der Waals surface area contributed by atoms with Crippen molar-refractivity contribution in [3.63, 3.8) is 0 Å². The van der Waals surface area contributed by atoms with Crippen molar-refractivity contribution >= 4 is 0 Å². The van der Waals surface area contributed by atoms with Crippen molar-refractivity contribution in [2.75, 3.05) is 7.05 Å². The molecule has 0 spiro atoms. The average Bonchev–Trinajstić information content (AvgIpc) is 2.06. The van der Waals surface area contributed by atoms with Gasteiger partial charge in [-0.25, -0.2) is 0 Å². The van der Waals surface area contributed by atoms with Crippen molar-refractivity contribution in [2.45, 2.75) is 19.9 Å². The SMILES string of the molecule is CCc1ccccc1CNC. The third kappa shape index (κ3) is 2.05. The maximum absolute atomic E-state index is 3.16. The van der Waals surface area contributed by atoms with E-state index >= 15 is 0 Å². The highest BCUT2D eigenvalue weighted by Gasteiger charge is 1.95. The van der Waals surface area contributed by atoms with Crippen LogP contribution in [0.1, 0.15) is 18.1 Å². The highest BCUT2D eigenvalue weighted by Crippen LogP contribution is 2.08. The molecular formula is C10H15N. The number of benzene rings is 1. The van der Waals surface area contributed by atoms with E-state index in [9.17, 15) is 0 Å². The Morgan fingerprint density at radius 3 is 2.36 bits per heavy atom. The van der Waals surface area contributed by atoms with Crippen molar-refractivity contribution in [1.82, 2.24) is 5.32 Å². The standard InChI is InChI=1S/C10H15N/c1-3-9-6-4-5-7-10(9)8-11-2/h4-7,11H,3,8H2,1-2H3. The quantitative estimate of drug-likeness (QED) is 0.692. The Morgan fingerprint density at radius 1 is 1.18 bits per heavy atom. The lowest BCUT2D eigenvalue weighted by atomic mass is 10.1. The monoisotopic (exact) mass is 149 g/mol. The molecule has 0 aliphatic heterocycles. The molecule has 0 saturated carbocycles. The van der Waals surface area contributed by atoms with Crippen molar-refractivity contribution in [3.05, 3.63) is 35.4 Å². The van der Waals surface area contributed by atoms with Gasteiger partial charge < -0.3 is 5.32 Å². The first-order valence-electron chi connectivity index (χ1n) is 4.10. The molecule has 0 fully saturated rings. The summed E-state index contributed by atoms with van der Waals surface area (Å²) in [5.41, 5.74) is 2.86. The Kier molecular flexibility index (Phi) is 3.12. The summed E-state index contributed by atoms with van der Waals surface area (Å²) in [7, 11) is 1.98. The van der Waals surface area contributed by atoms with Crippen molar-refractivity contribution in [3.8, 4) is 0 Å². The van der Waals surface area contributed by atoms with Crippen molar-refractivity contribution < 1.29 is 0 Å². The molecule has 0 bridgehead atoms. The van der Waals surface area contributed by atoms with Crippen LogP contribution in [0.25, 0.3) is 0 Å². The van der Waals surface area contributed by atoms with E-state index < -0.39 is 0 Å². The van der Waals surface area contributed by atoms with Crippen LogP contribution in [-0.2, 0) is 13.0 Å². The third-order valence-electron chi connectivity index (χ3n) is 1.87. The zero-order chi connectivity index (χ0) is 8.10. The molecular weight excluding hydrogens is 134 g/mol. The van der Waals surface area contributed by atoms with Gasteiger partial charge in [-0.2, -0.15) is 0 Å². The largest absolute Gasteiger partial charge is 0.316 e. The first kappa shape index (κ1) is 8.28. The van der Waals surface area contributed by atoms with E-state index in [1.54, 1.807) is 0 Å². The fourth-order valence-electron chi connectivity index (χ4n) is 1.27. The second-order valence-electron chi connectivity index (χ2n) is 2.65. The predicted octanol–water partition coefficient (Wildman–Crippen LogP) is 1.97. The molecule has 0 aliphatic carbocycles. The predicted molar refractivity (Wildman–Crippen MR) is 48.6 cm³/mol. The molecule has 0 heterocycles. The zero-order valence-corrected chi connectivity index (χ0v) is 7.22. The maximum Gasteiger partial charge on any atom is 0.0205 e. The van der Waals surface area contributed by atoms with Gasteiger partial charge in [0, 0.05) is 6.54 Å². The minimum absolute atomic E-state index is 0.976. The minimum atomic E-state index is 0.976. The first-order chi connectivity index (χ1) is 5.38. The van der Waals surface area contributed by atoms with Crippen LogP contribution in [-0.4, -0.2) is 7.05 Å². The topological polar surface area (TPSA) is 12.0 Å². The normalized spacial score (nSPS) is 10.0. The molecule has 0 unspecified atom stereocenters. The molecule has 60 valence electrons. The van der Waals surface area contributed by atoms with Crippen LogP contribution < -0.4 is 5.32 Å². The molecule has 0 aromatic heterocycles. The number of rotatable bonds is 3. The summed E-state index contributed by atoms with van der Waals surface area (Å²) in [6.07, 6.45) is 1.12. The fourth-order valence-corrected chi connectivity index (χ4v) is 1.27. The molecule has 1 heteroatoms. The highest BCUT2D eigenvalue weighted by molar-refractivity contribution is 5.26. The lowest BCUT2D eigenvalue weighted by Gasteiger charge is -2.05. The van der Waals surface area contributed by atoms with Crippen LogP contribution in [0.5, 0.6) is 0 Å². The molecule has 0 aliphatic rings. The van der Waals surface area contributed by atoms with Gasteiger partial charge in [0.25, 0.3) is 0 Å². The first-order valence-corrected chi connectivity index (χ1v) is 4.10. The van der Waals surface area contributed by atoms with Crippen LogP contribution in [0.15, 0.2) is 24.3 Å². The van der Waals surface area contributed by atoms with Crippen LogP contribution in [0.4, 0.5) is 0 Å². The summed E-state index contributed by atoms with van der Waals surface area (Å²) < 4.78 is 0. The van der Waals surface area contributed by atoms with Gasteiger partial charge in [-0.05, 0) is 24.6 Å². The Balaban J connectivity index is 2.83. The lowest BCUT2D eigenvalue weighted by molar-refractivity contribution is 0.806. The van der Waals surface area contributed by atoms with Gasteiger partial charge in [-0.1, -0.05) is 31.2 Å². The van der Waals surface area contributed by atoms with Gasteiger partial charge in [0.1, 0.15) is 0 Å². The third-order valence-corrected chi connectivity index (χ3v) is 1.87. The van der Waals surface area contributed by atoms with E-state index in [0.29, 0.717) is 0 Å². The Hall–Kier alpha value is -0.820. The van der Waals surface area contributed by atoms with Crippen molar-refractivity contribution in [1.29, 1.82) is 0 Å². The zero-order valence-electron chi connectivity index (χ0n) is 7.22. The van der Waals surface area contributed by atoms with Gasteiger partial charge in [0.05, 0.1) is 0 Å². The minimum Gasteiger partial charge on any atom is -0.316 e. The van der Waals surface area contributed by atoms with E-state index in [1.807, 2.05) is 7.05 Å². The average molecular weight is 149 g/mol. The molecule has 0 amide bonds. The van der Waals surface area contributed by atoms with Crippen molar-refractivity contribution in [2.24, 2.45) is 0 Å². The van der Waals surface area contributed by atoms with Gasteiger partial charge in [-0.3, -0.25) is 0 Å². The molecule has 1 nitrogen and oxygen atoms in total.